The summed E-state index contributed by atoms with van der Waals surface area (Å²) in [6.07, 6.45) is 2.96. The van der Waals surface area contributed by atoms with E-state index < -0.39 is 0 Å². The van der Waals surface area contributed by atoms with Crippen LogP contribution in [-0.2, 0) is 16.1 Å². The Labute approximate surface area is 166 Å². The summed E-state index contributed by atoms with van der Waals surface area (Å²) in [5, 5.41) is 8.59. The van der Waals surface area contributed by atoms with E-state index >= 15 is 0 Å². The van der Waals surface area contributed by atoms with E-state index in [1.54, 1.807) is 0 Å². The fourth-order valence-electron chi connectivity index (χ4n) is 3.39. The molecule has 25 heavy (non-hydrogen) atoms. The van der Waals surface area contributed by atoms with Gasteiger partial charge in [0.25, 0.3) is 0 Å². The number of nitrogens with one attached hydrogen (secondary N) is 2. The minimum absolute atomic E-state index is 0. The highest BCUT2D eigenvalue weighted by Gasteiger charge is 2.22. The maximum absolute atomic E-state index is 12.1. The molecule has 2 fully saturated rings. The van der Waals surface area contributed by atoms with E-state index in [1.807, 2.05) is 11.3 Å². The van der Waals surface area contributed by atoms with Crippen LogP contribution in [0.3, 0.4) is 0 Å². The summed E-state index contributed by atoms with van der Waals surface area (Å²) in [4.78, 5) is 16.0. The second-order valence-corrected chi connectivity index (χ2v) is 7.59. The van der Waals surface area contributed by atoms with Crippen molar-refractivity contribution in [3.63, 3.8) is 0 Å². The lowest BCUT2D eigenvalue weighted by atomic mass is 9.98. The largest absolute Gasteiger partial charge is 0.378 e. The van der Waals surface area contributed by atoms with Crippen LogP contribution in [0.5, 0.6) is 0 Å². The molecule has 0 bridgehead atoms. The molecule has 5 nitrogen and oxygen atoms in total. The first-order chi connectivity index (χ1) is 11.3. The van der Waals surface area contributed by atoms with Crippen LogP contribution in [0.1, 0.15) is 24.1 Å². The normalized spacial score (nSPS) is 24.0. The number of rotatable bonds is 6. The van der Waals surface area contributed by atoms with Crippen molar-refractivity contribution in [2.24, 2.45) is 5.92 Å². The van der Waals surface area contributed by atoms with Gasteiger partial charge in [-0.2, -0.15) is 0 Å². The third-order valence-corrected chi connectivity index (χ3v) is 5.44. The number of morpholine rings is 1. The van der Waals surface area contributed by atoms with Gasteiger partial charge in [0.2, 0.25) is 5.91 Å². The van der Waals surface area contributed by atoms with Crippen LogP contribution in [0.25, 0.3) is 0 Å². The van der Waals surface area contributed by atoms with Crippen LogP contribution in [0.4, 0.5) is 0 Å². The Kier molecular flexibility index (Phi) is 11.0. The van der Waals surface area contributed by atoms with E-state index in [4.69, 9.17) is 4.74 Å². The standard InChI is InChI=1S/C17H27N3O2S.2ClH/c21-17(9-15-13-22-7-5-18-15)19-10-14-3-1-6-20(11-14)12-16-4-2-8-23-16;;/h2,4,8,14-15,18H,1,3,5-7,9-13H2,(H,19,21);2*1H. The maximum atomic E-state index is 12.1. The van der Waals surface area contributed by atoms with Crippen molar-refractivity contribution in [1.29, 1.82) is 0 Å². The van der Waals surface area contributed by atoms with Crippen molar-refractivity contribution in [3.8, 4) is 0 Å². The summed E-state index contributed by atoms with van der Waals surface area (Å²) in [5.41, 5.74) is 0. The molecule has 0 aromatic carbocycles. The zero-order valence-corrected chi connectivity index (χ0v) is 16.9. The number of amides is 1. The number of likely N-dealkylation sites (tertiary alicyclic amines) is 1. The Morgan fingerprint density at radius 1 is 1.44 bits per heavy atom. The summed E-state index contributed by atoms with van der Waals surface area (Å²) in [6, 6.07) is 4.49. The monoisotopic (exact) mass is 409 g/mol. The first-order valence-electron chi connectivity index (χ1n) is 8.62. The fourth-order valence-corrected chi connectivity index (χ4v) is 4.14. The van der Waals surface area contributed by atoms with E-state index in [2.05, 4.69) is 33.0 Å². The van der Waals surface area contributed by atoms with Crippen molar-refractivity contribution in [1.82, 2.24) is 15.5 Å². The van der Waals surface area contributed by atoms with Gasteiger partial charge in [-0.3, -0.25) is 9.69 Å². The molecule has 3 rings (SSSR count). The highest BCUT2D eigenvalue weighted by Crippen LogP contribution is 2.20. The van der Waals surface area contributed by atoms with Crippen LogP contribution in [0.2, 0.25) is 0 Å². The van der Waals surface area contributed by atoms with E-state index in [0.717, 1.165) is 32.8 Å². The lowest BCUT2D eigenvalue weighted by Gasteiger charge is -2.32. The molecule has 0 saturated carbocycles. The van der Waals surface area contributed by atoms with Crippen LogP contribution in [-0.4, -0.2) is 56.2 Å². The third-order valence-electron chi connectivity index (χ3n) is 4.58. The Balaban J connectivity index is 0.00000156. The highest BCUT2D eigenvalue weighted by molar-refractivity contribution is 7.09. The van der Waals surface area contributed by atoms with Crippen molar-refractivity contribution < 1.29 is 9.53 Å². The van der Waals surface area contributed by atoms with Gasteiger partial charge in [-0.15, -0.1) is 36.2 Å². The van der Waals surface area contributed by atoms with Gasteiger partial charge in [0.1, 0.15) is 0 Å². The van der Waals surface area contributed by atoms with Crippen LogP contribution in [0, 0.1) is 5.92 Å². The van der Waals surface area contributed by atoms with Gasteiger partial charge in [0.05, 0.1) is 13.2 Å². The summed E-state index contributed by atoms with van der Waals surface area (Å²) in [5.74, 6) is 0.714. The van der Waals surface area contributed by atoms with Crippen LogP contribution >= 0.6 is 36.2 Å². The predicted molar refractivity (Wildman–Crippen MR) is 107 cm³/mol. The van der Waals surface area contributed by atoms with E-state index in [1.165, 1.54) is 24.3 Å². The van der Waals surface area contributed by atoms with Crippen LogP contribution in [0.15, 0.2) is 17.5 Å². The van der Waals surface area contributed by atoms with E-state index in [0.29, 0.717) is 18.9 Å². The molecular weight excluding hydrogens is 381 g/mol. The van der Waals surface area contributed by atoms with Crippen molar-refractivity contribution in [3.05, 3.63) is 22.4 Å². The molecule has 2 unspecified atom stereocenters. The molecule has 2 N–H and O–H groups in total. The molecule has 0 radical (unpaired) electrons. The third kappa shape index (κ3) is 7.81. The molecule has 2 aliphatic heterocycles. The van der Waals surface area contributed by atoms with Crippen molar-refractivity contribution >= 4 is 42.1 Å². The predicted octanol–water partition coefficient (Wildman–Crippen LogP) is 2.30. The molecule has 0 aliphatic carbocycles. The van der Waals surface area contributed by atoms with E-state index in [-0.39, 0.29) is 36.8 Å². The van der Waals surface area contributed by atoms with Gasteiger partial charge in [0, 0.05) is 43.5 Å². The Hall–Kier alpha value is -0.370. The van der Waals surface area contributed by atoms with Gasteiger partial charge in [-0.05, 0) is 36.8 Å². The molecule has 2 saturated heterocycles. The SMILES string of the molecule is Cl.Cl.O=C(CC1COCCN1)NCC1CCCN(Cc2cccs2)C1. The van der Waals surface area contributed by atoms with Crippen molar-refractivity contribution in [2.75, 3.05) is 39.4 Å². The van der Waals surface area contributed by atoms with Gasteiger partial charge < -0.3 is 15.4 Å². The zero-order chi connectivity index (χ0) is 15.9. The Morgan fingerprint density at radius 3 is 3.04 bits per heavy atom. The number of halogens is 2. The first-order valence-corrected chi connectivity index (χ1v) is 9.50. The Bertz CT molecular complexity index is 484. The second-order valence-electron chi connectivity index (χ2n) is 6.56. The molecule has 2 atom stereocenters. The first kappa shape index (κ1) is 22.7. The molecule has 3 heterocycles. The number of thiophene rings is 1. The smallest absolute Gasteiger partial charge is 0.221 e. The topological polar surface area (TPSA) is 53.6 Å². The second kappa shape index (κ2) is 12.1. The molecule has 1 aromatic rings. The Morgan fingerprint density at radius 2 is 2.32 bits per heavy atom. The number of carbonyl (C=O) groups excluding carboxylic acids is 1. The lowest BCUT2D eigenvalue weighted by Crippen LogP contribution is -2.45. The average molecular weight is 410 g/mol. The minimum Gasteiger partial charge on any atom is -0.378 e. The number of ether oxygens (including phenoxy) is 1. The molecule has 1 aromatic heterocycles. The minimum atomic E-state index is 0. The van der Waals surface area contributed by atoms with Crippen molar-refractivity contribution in [2.45, 2.75) is 31.8 Å². The summed E-state index contributed by atoms with van der Waals surface area (Å²) < 4.78 is 5.39. The highest BCUT2D eigenvalue weighted by atomic mass is 35.5. The molecule has 8 heteroatoms. The summed E-state index contributed by atoms with van der Waals surface area (Å²) in [7, 11) is 0. The van der Waals surface area contributed by atoms with Gasteiger partial charge in [0.15, 0.2) is 0 Å². The summed E-state index contributed by atoms with van der Waals surface area (Å²) >= 11 is 1.83. The lowest BCUT2D eigenvalue weighted by molar-refractivity contribution is -0.122. The number of hydrogen-bond donors (Lipinski definition) is 2. The number of piperidine rings is 1. The summed E-state index contributed by atoms with van der Waals surface area (Å²) in [6.45, 7) is 6.34. The average Bonchev–Trinajstić information content (AvgIpc) is 3.07. The van der Waals surface area contributed by atoms with Gasteiger partial charge in [-0.1, -0.05) is 6.07 Å². The maximum Gasteiger partial charge on any atom is 0.221 e. The molecular formula is C17H29Cl2N3O2S. The zero-order valence-electron chi connectivity index (χ0n) is 14.4. The van der Waals surface area contributed by atoms with E-state index in [9.17, 15) is 4.79 Å². The quantitative estimate of drug-likeness (QED) is 0.756. The molecule has 144 valence electrons. The molecule has 0 spiro atoms. The van der Waals surface area contributed by atoms with Crippen LogP contribution < -0.4 is 10.6 Å². The fraction of sp³-hybridized carbons (Fsp3) is 0.706. The number of hydrogen-bond acceptors (Lipinski definition) is 5. The molecule has 1 amide bonds. The van der Waals surface area contributed by atoms with Gasteiger partial charge >= 0.3 is 0 Å². The number of nitrogens with zero attached hydrogens (tertiary/aromatic N) is 1. The molecule has 2 aliphatic rings. The number of carbonyl (C=O) groups is 1. The van der Waals surface area contributed by atoms with Gasteiger partial charge in [-0.25, -0.2) is 0 Å².